The number of unbranched alkanes of at least 4 members (excludes halogenated alkanes) is 2. The molecule has 0 aliphatic heterocycles. The molecule has 1 atom stereocenters. The molecule has 0 rings (SSSR count). The van der Waals surface area contributed by atoms with Crippen molar-refractivity contribution in [3.05, 3.63) is 12.7 Å². The van der Waals surface area contributed by atoms with E-state index in [4.69, 9.17) is 0 Å². The number of rotatable bonds is 6. The van der Waals surface area contributed by atoms with Crippen LogP contribution < -0.4 is 0 Å². The van der Waals surface area contributed by atoms with Crippen molar-refractivity contribution in [2.24, 2.45) is 5.92 Å². The van der Waals surface area contributed by atoms with Gasteiger partial charge in [-0.05, 0) is 6.42 Å². The van der Waals surface area contributed by atoms with Crippen molar-refractivity contribution in [3.8, 4) is 0 Å². The van der Waals surface area contributed by atoms with E-state index in [9.17, 15) is 9.59 Å². The second-order valence-electron chi connectivity index (χ2n) is 3.34. The summed E-state index contributed by atoms with van der Waals surface area (Å²) >= 11 is 0. The van der Waals surface area contributed by atoms with Crippen LogP contribution in [0.3, 0.4) is 0 Å². The van der Waals surface area contributed by atoms with Crippen molar-refractivity contribution in [1.29, 1.82) is 0 Å². The Morgan fingerprint density at radius 1 is 1.43 bits per heavy atom. The number of hydrogen-bond acceptors (Lipinski definition) is 3. The van der Waals surface area contributed by atoms with Gasteiger partial charge in [-0.15, -0.1) is 0 Å². The molecule has 0 N–H and O–H groups in total. The maximum absolute atomic E-state index is 11.2. The van der Waals surface area contributed by atoms with Gasteiger partial charge in [0.15, 0.2) is 0 Å². The minimum atomic E-state index is -0.669. The van der Waals surface area contributed by atoms with E-state index in [1.54, 1.807) is 6.92 Å². The summed E-state index contributed by atoms with van der Waals surface area (Å²) in [6.07, 6.45) is 4.99. The van der Waals surface area contributed by atoms with Gasteiger partial charge in [0.25, 0.3) is 0 Å². The summed E-state index contributed by atoms with van der Waals surface area (Å²) in [6.45, 7) is 7.10. The predicted molar refractivity (Wildman–Crippen MR) is 54.6 cm³/mol. The Hall–Kier alpha value is -1.12. The molecule has 0 spiro atoms. The third kappa shape index (κ3) is 5.51. The highest BCUT2D eigenvalue weighted by molar-refractivity contribution is 5.92. The average Bonchev–Trinajstić information content (AvgIpc) is 2.17. The van der Waals surface area contributed by atoms with Crippen LogP contribution in [0.5, 0.6) is 0 Å². The smallest absolute Gasteiger partial charge is 0.337 e. The van der Waals surface area contributed by atoms with Crippen LogP contribution in [0.2, 0.25) is 0 Å². The van der Waals surface area contributed by atoms with E-state index in [0.717, 1.165) is 31.8 Å². The average molecular weight is 198 g/mol. The zero-order valence-corrected chi connectivity index (χ0v) is 8.91. The molecular weight excluding hydrogens is 180 g/mol. The molecule has 0 heterocycles. The second kappa shape index (κ2) is 7.30. The zero-order chi connectivity index (χ0) is 11.0. The molecule has 0 saturated carbocycles. The van der Waals surface area contributed by atoms with Gasteiger partial charge in [0.05, 0.1) is 5.92 Å². The van der Waals surface area contributed by atoms with Gasteiger partial charge in [-0.3, -0.25) is 4.79 Å². The molecule has 0 aromatic rings. The van der Waals surface area contributed by atoms with E-state index >= 15 is 0 Å². The van der Waals surface area contributed by atoms with Crippen molar-refractivity contribution in [2.75, 3.05) is 0 Å². The maximum Gasteiger partial charge on any atom is 0.337 e. The van der Waals surface area contributed by atoms with Crippen LogP contribution in [0.15, 0.2) is 12.7 Å². The largest absolute Gasteiger partial charge is 0.390 e. The Balaban J connectivity index is 3.75. The summed E-state index contributed by atoms with van der Waals surface area (Å²) in [5.74, 6) is -1.33. The number of carbonyl (C=O) groups excluding carboxylic acids is 2. The number of esters is 2. The van der Waals surface area contributed by atoms with E-state index in [1.165, 1.54) is 0 Å². The first-order valence-electron chi connectivity index (χ1n) is 4.99. The van der Waals surface area contributed by atoms with E-state index in [-0.39, 0.29) is 5.92 Å². The van der Waals surface area contributed by atoms with E-state index in [0.29, 0.717) is 0 Å². The lowest BCUT2D eigenvalue weighted by Gasteiger charge is -2.08. The lowest BCUT2D eigenvalue weighted by atomic mass is 10.0. The van der Waals surface area contributed by atoms with E-state index in [1.807, 2.05) is 0 Å². The highest BCUT2D eigenvalue weighted by Crippen LogP contribution is 2.10. The fraction of sp³-hybridized carbons (Fsp3) is 0.636. The summed E-state index contributed by atoms with van der Waals surface area (Å²) in [6, 6.07) is 0. The Labute approximate surface area is 85.1 Å². The lowest BCUT2D eigenvalue weighted by molar-refractivity contribution is -0.159. The van der Waals surface area contributed by atoms with Crippen molar-refractivity contribution in [3.63, 3.8) is 0 Å². The molecular formula is C11H18O3. The van der Waals surface area contributed by atoms with Gasteiger partial charge in [0.1, 0.15) is 0 Å². The van der Waals surface area contributed by atoms with Crippen LogP contribution in [0.4, 0.5) is 0 Å². The van der Waals surface area contributed by atoms with Gasteiger partial charge in [0, 0.05) is 6.08 Å². The molecule has 0 aromatic carbocycles. The molecule has 80 valence electrons. The standard InChI is InChI=1S/C11H18O3/c1-4-6-7-8-9(3)11(13)14-10(12)5-2/h5,9H,2,4,6-8H2,1,3H3. The number of ether oxygens (including phenoxy) is 1. The second-order valence-corrected chi connectivity index (χ2v) is 3.34. The minimum absolute atomic E-state index is 0.203. The van der Waals surface area contributed by atoms with Crippen molar-refractivity contribution in [2.45, 2.75) is 39.5 Å². The van der Waals surface area contributed by atoms with Crippen molar-refractivity contribution in [1.82, 2.24) is 0 Å². The first kappa shape index (κ1) is 12.9. The monoisotopic (exact) mass is 198 g/mol. The molecule has 0 amide bonds. The summed E-state index contributed by atoms with van der Waals surface area (Å²) in [4.78, 5) is 21.9. The SMILES string of the molecule is C=CC(=O)OC(=O)C(C)CCCCC. The zero-order valence-electron chi connectivity index (χ0n) is 8.91. The van der Waals surface area contributed by atoms with E-state index in [2.05, 4.69) is 18.2 Å². The third-order valence-corrected chi connectivity index (χ3v) is 2.01. The van der Waals surface area contributed by atoms with Crippen LogP contribution in [-0.4, -0.2) is 11.9 Å². The summed E-state index contributed by atoms with van der Waals surface area (Å²) in [5.41, 5.74) is 0. The molecule has 0 radical (unpaired) electrons. The fourth-order valence-corrected chi connectivity index (χ4v) is 1.06. The van der Waals surface area contributed by atoms with Crippen LogP contribution >= 0.6 is 0 Å². The lowest BCUT2D eigenvalue weighted by Crippen LogP contribution is -2.17. The predicted octanol–water partition coefficient (Wildman–Crippen LogP) is 2.46. The molecule has 0 saturated heterocycles. The molecule has 3 nitrogen and oxygen atoms in total. The summed E-state index contributed by atoms with van der Waals surface area (Å²) in [7, 11) is 0. The highest BCUT2D eigenvalue weighted by Gasteiger charge is 2.15. The molecule has 1 unspecified atom stereocenters. The highest BCUT2D eigenvalue weighted by atomic mass is 16.6. The summed E-state index contributed by atoms with van der Waals surface area (Å²) in [5, 5.41) is 0. The van der Waals surface area contributed by atoms with Crippen molar-refractivity contribution < 1.29 is 14.3 Å². The molecule has 0 bridgehead atoms. The molecule has 0 aromatic heterocycles. The Bertz CT molecular complexity index is 209. The number of carbonyl (C=O) groups is 2. The first-order chi connectivity index (χ1) is 6.61. The fourth-order valence-electron chi connectivity index (χ4n) is 1.06. The maximum atomic E-state index is 11.2. The summed E-state index contributed by atoms with van der Waals surface area (Å²) < 4.78 is 4.50. The topological polar surface area (TPSA) is 43.4 Å². The van der Waals surface area contributed by atoms with Gasteiger partial charge in [-0.2, -0.15) is 0 Å². The van der Waals surface area contributed by atoms with Gasteiger partial charge < -0.3 is 4.74 Å². The van der Waals surface area contributed by atoms with Crippen LogP contribution in [0.25, 0.3) is 0 Å². The van der Waals surface area contributed by atoms with Crippen LogP contribution in [-0.2, 0) is 14.3 Å². The third-order valence-electron chi connectivity index (χ3n) is 2.01. The van der Waals surface area contributed by atoms with Crippen molar-refractivity contribution >= 4 is 11.9 Å². The Morgan fingerprint density at radius 2 is 2.07 bits per heavy atom. The normalized spacial score (nSPS) is 11.9. The van der Waals surface area contributed by atoms with Gasteiger partial charge >= 0.3 is 11.9 Å². The van der Waals surface area contributed by atoms with Gasteiger partial charge in [-0.25, -0.2) is 4.79 Å². The Kier molecular flexibility index (Phi) is 6.72. The van der Waals surface area contributed by atoms with Gasteiger partial charge in [-0.1, -0.05) is 39.7 Å². The molecule has 0 fully saturated rings. The quantitative estimate of drug-likeness (QED) is 0.285. The van der Waals surface area contributed by atoms with Crippen LogP contribution in [0.1, 0.15) is 39.5 Å². The first-order valence-corrected chi connectivity index (χ1v) is 4.99. The van der Waals surface area contributed by atoms with Gasteiger partial charge in [0.2, 0.25) is 0 Å². The van der Waals surface area contributed by atoms with Crippen LogP contribution in [0, 0.1) is 5.92 Å². The minimum Gasteiger partial charge on any atom is -0.390 e. The molecule has 14 heavy (non-hydrogen) atoms. The van der Waals surface area contributed by atoms with E-state index < -0.39 is 11.9 Å². The molecule has 3 heteroatoms. The number of hydrogen-bond donors (Lipinski definition) is 0. The molecule has 0 aliphatic carbocycles. The Morgan fingerprint density at radius 3 is 2.57 bits per heavy atom. The molecule has 0 aliphatic rings.